The summed E-state index contributed by atoms with van der Waals surface area (Å²) in [4.78, 5) is 4.59. The molecular weight excluding hydrogens is 314 g/mol. The predicted octanol–water partition coefficient (Wildman–Crippen LogP) is 2.25. The van der Waals surface area contributed by atoms with E-state index in [1.165, 1.54) is 0 Å². The molecule has 0 amide bonds. The first-order valence-electron chi connectivity index (χ1n) is 8.67. The van der Waals surface area contributed by atoms with Gasteiger partial charge in [0.2, 0.25) is 0 Å². The van der Waals surface area contributed by atoms with Gasteiger partial charge in [0.15, 0.2) is 0 Å². The molecule has 0 radical (unpaired) electrons. The number of nitrogens with zero attached hydrogens (tertiary/aromatic N) is 4. The van der Waals surface area contributed by atoms with Crippen LogP contribution in [-0.4, -0.2) is 43.6 Å². The van der Waals surface area contributed by atoms with E-state index in [0.717, 1.165) is 41.4 Å². The summed E-state index contributed by atoms with van der Waals surface area (Å²) in [5.74, 6) is 0.953. The van der Waals surface area contributed by atoms with Crippen LogP contribution < -0.4 is 5.32 Å². The van der Waals surface area contributed by atoms with Crippen LogP contribution in [-0.2, 0) is 0 Å². The van der Waals surface area contributed by atoms with E-state index < -0.39 is 0 Å². The van der Waals surface area contributed by atoms with Crippen LogP contribution in [0.1, 0.15) is 23.9 Å². The lowest BCUT2D eigenvalue weighted by atomic mass is 10.1. The fraction of sp³-hybridized carbons (Fsp3) is 0.368. The van der Waals surface area contributed by atoms with Crippen LogP contribution in [0.5, 0.6) is 0 Å². The Labute approximate surface area is 147 Å². The lowest BCUT2D eigenvalue weighted by Crippen LogP contribution is -2.24. The molecule has 2 N–H and O–H groups in total. The molecule has 2 atom stereocenters. The highest BCUT2D eigenvalue weighted by Crippen LogP contribution is 2.27. The van der Waals surface area contributed by atoms with Crippen LogP contribution in [0, 0.1) is 13.8 Å². The molecule has 0 aliphatic carbocycles. The van der Waals surface area contributed by atoms with E-state index in [4.69, 9.17) is 0 Å². The number of aliphatic hydroxyl groups is 1. The van der Waals surface area contributed by atoms with Gasteiger partial charge in [-0.25, -0.2) is 9.67 Å². The minimum absolute atomic E-state index is 0.168. The fourth-order valence-electron chi connectivity index (χ4n) is 3.65. The van der Waals surface area contributed by atoms with E-state index in [1.807, 2.05) is 30.1 Å². The molecule has 130 valence electrons. The van der Waals surface area contributed by atoms with Gasteiger partial charge in [-0.1, -0.05) is 12.1 Å². The second-order valence-electron chi connectivity index (χ2n) is 6.72. The van der Waals surface area contributed by atoms with E-state index in [0.29, 0.717) is 6.04 Å². The maximum atomic E-state index is 9.36. The summed E-state index contributed by atoms with van der Waals surface area (Å²) in [6.45, 7) is 5.09. The monoisotopic (exact) mass is 337 g/mol. The summed E-state index contributed by atoms with van der Waals surface area (Å²) >= 11 is 0. The fourth-order valence-corrected chi connectivity index (χ4v) is 3.65. The summed E-state index contributed by atoms with van der Waals surface area (Å²) in [6.07, 6.45) is 4.78. The van der Waals surface area contributed by atoms with Crippen LogP contribution in [0.4, 0.5) is 0 Å². The van der Waals surface area contributed by atoms with E-state index in [2.05, 4.69) is 51.2 Å². The van der Waals surface area contributed by atoms with Gasteiger partial charge in [-0.2, -0.15) is 5.10 Å². The van der Waals surface area contributed by atoms with Crippen molar-refractivity contribution >= 4 is 0 Å². The zero-order chi connectivity index (χ0) is 17.4. The van der Waals surface area contributed by atoms with Gasteiger partial charge in [0, 0.05) is 42.3 Å². The Balaban J connectivity index is 1.69. The molecule has 25 heavy (non-hydrogen) atoms. The van der Waals surface area contributed by atoms with Gasteiger partial charge in [-0.15, -0.1) is 0 Å². The number of imidazole rings is 1. The lowest BCUT2D eigenvalue weighted by molar-refractivity contribution is 0.253. The van der Waals surface area contributed by atoms with Gasteiger partial charge in [0.05, 0.1) is 18.0 Å². The van der Waals surface area contributed by atoms with Crippen molar-refractivity contribution in [2.24, 2.45) is 0 Å². The summed E-state index contributed by atoms with van der Waals surface area (Å²) in [5.41, 5.74) is 4.23. The molecular formula is C19H23N5O. The summed E-state index contributed by atoms with van der Waals surface area (Å²) in [6, 6.07) is 10.9. The minimum Gasteiger partial charge on any atom is -0.395 e. The highest BCUT2D eigenvalue weighted by atomic mass is 16.3. The molecule has 1 saturated heterocycles. The van der Waals surface area contributed by atoms with Gasteiger partial charge in [0.25, 0.3) is 0 Å². The number of aryl methyl sites for hydroxylation is 2. The van der Waals surface area contributed by atoms with E-state index in [1.54, 1.807) is 0 Å². The van der Waals surface area contributed by atoms with Crippen LogP contribution >= 0.6 is 0 Å². The summed E-state index contributed by atoms with van der Waals surface area (Å²) < 4.78 is 4.17. The molecule has 1 aliphatic rings. The highest BCUT2D eigenvalue weighted by molar-refractivity contribution is 5.60. The van der Waals surface area contributed by atoms with Crippen molar-refractivity contribution < 1.29 is 5.11 Å². The first kappa shape index (κ1) is 16.1. The molecule has 1 aromatic carbocycles. The van der Waals surface area contributed by atoms with Gasteiger partial charge in [-0.3, -0.25) is 0 Å². The minimum atomic E-state index is 0.168. The summed E-state index contributed by atoms with van der Waals surface area (Å²) in [5, 5.41) is 17.3. The quantitative estimate of drug-likeness (QED) is 0.766. The first-order valence-corrected chi connectivity index (χ1v) is 8.67. The normalized spacial score (nSPS) is 20.3. The highest BCUT2D eigenvalue weighted by Gasteiger charge is 2.26. The SMILES string of the molecule is Cc1cc(C)n(-c2cccc(-c3nccn3[C@@H]3CN[C@H](CO)C3)c2)n1. The van der Waals surface area contributed by atoms with Gasteiger partial charge in [-0.05, 0) is 38.5 Å². The molecule has 3 aromatic rings. The largest absolute Gasteiger partial charge is 0.395 e. The second kappa shape index (κ2) is 6.46. The maximum Gasteiger partial charge on any atom is 0.140 e. The number of benzene rings is 1. The number of rotatable bonds is 4. The van der Waals surface area contributed by atoms with Crippen molar-refractivity contribution in [3.05, 3.63) is 54.1 Å². The van der Waals surface area contributed by atoms with Crippen molar-refractivity contribution in [3.63, 3.8) is 0 Å². The number of hydrogen-bond acceptors (Lipinski definition) is 4. The molecule has 6 heteroatoms. The molecule has 0 saturated carbocycles. The zero-order valence-corrected chi connectivity index (χ0v) is 14.6. The molecule has 0 bridgehead atoms. The maximum absolute atomic E-state index is 9.36. The van der Waals surface area contributed by atoms with Gasteiger partial charge < -0.3 is 15.0 Å². The van der Waals surface area contributed by atoms with Gasteiger partial charge >= 0.3 is 0 Å². The molecule has 2 aromatic heterocycles. The molecule has 6 nitrogen and oxygen atoms in total. The number of hydrogen-bond donors (Lipinski definition) is 2. The second-order valence-corrected chi connectivity index (χ2v) is 6.72. The Morgan fingerprint density at radius 3 is 2.88 bits per heavy atom. The number of aromatic nitrogens is 4. The van der Waals surface area contributed by atoms with E-state index in [-0.39, 0.29) is 12.6 Å². The third-order valence-corrected chi connectivity index (χ3v) is 4.84. The standard InChI is InChI=1S/C19H23N5O/c1-13-8-14(2)24(22-13)17-5-3-4-15(9-17)19-20-6-7-23(19)18-10-16(12-25)21-11-18/h3-9,16,18,21,25H,10-12H2,1-2H3/t16-,18-/m0/s1. The van der Waals surface area contributed by atoms with Crippen LogP contribution in [0.15, 0.2) is 42.7 Å². The van der Waals surface area contributed by atoms with Crippen molar-refractivity contribution in [1.82, 2.24) is 24.6 Å². The third kappa shape index (κ3) is 2.99. The summed E-state index contributed by atoms with van der Waals surface area (Å²) in [7, 11) is 0. The van der Waals surface area contributed by atoms with Crippen molar-refractivity contribution in [1.29, 1.82) is 0 Å². The topological polar surface area (TPSA) is 67.9 Å². The van der Waals surface area contributed by atoms with E-state index >= 15 is 0 Å². The average molecular weight is 337 g/mol. The van der Waals surface area contributed by atoms with Crippen molar-refractivity contribution in [3.8, 4) is 17.1 Å². The molecule has 1 fully saturated rings. The molecule has 0 spiro atoms. The third-order valence-electron chi connectivity index (χ3n) is 4.84. The molecule has 0 unspecified atom stereocenters. The van der Waals surface area contributed by atoms with Crippen LogP contribution in [0.2, 0.25) is 0 Å². The molecule has 1 aliphatic heterocycles. The van der Waals surface area contributed by atoms with Crippen LogP contribution in [0.25, 0.3) is 17.1 Å². The number of aliphatic hydroxyl groups excluding tert-OH is 1. The Morgan fingerprint density at radius 1 is 1.28 bits per heavy atom. The zero-order valence-electron chi connectivity index (χ0n) is 14.6. The predicted molar refractivity (Wildman–Crippen MR) is 96.8 cm³/mol. The number of nitrogens with one attached hydrogen (secondary N) is 1. The average Bonchev–Trinajstić information content (AvgIpc) is 3.33. The lowest BCUT2D eigenvalue weighted by Gasteiger charge is -2.15. The van der Waals surface area contributed by atoms with Gasteiger partial charge in [0.1, 0.15) is 5.82 Å². The van der Waals surface area contributed by atoms with Crippen LogP contribution in [0.3, 0.4) is 0 Å². The van der Waals surface area contributed by atoms with Crippen molar-refractivity contribution in [2.75, 3.05) is 13.2 Å². The van der Waals surface area contributed by atoms with E-state index in [9.17, 15) is 5.11 Å². The molecule has 3 heterocycles. The Kier molecular flexibility index (Phi) is 4.15. The first-order chi connectivity index (χ1) is 12.2. The smallest absolute Gasteiger partial charge is 0.140 e. The molecule has 4 rings (SSSR count). The Hall–Kier alpha value is -2.44. The Morgan fingerprint density at radius 2 is 2.16 bits per heavy atom. The Bertz CT molecular complexity index is 882. The van der Waals surface area contributed by atoms with Crippen molar-refractivity contribution in [2.45, 2.75) is 32.4 Å².